The monoisotopic (exact) mass is 348 g/mol. The molecule has 0 aromatic carbocycles. The Kier molecular flexibility index (Phi) is 13.0. The highest BCUT2D eigenvalue weighted by molar-refractivity contribution is 7.81. The lowest BCUT2D eigenvalue weighted by Gasteiger charge is -2.05. The topological polar surface area (TPSA) is 92.3 Å². The Morgan fingerprint density at radius 1 is 0.636 bits per heavy atom. The second kappa shape index (κ2) is 13.6. The van der Waals surface area contributed by atoms with Crippen LogP contribution in [0.25, 0.3) is 0 Å². The van der Waals surface area contributed by atoms with Crippen LogP contribution in [0.3, 0.4) is 0 Å². The van der Waals surface area contributed by atoms with Crippen molar-refractivity contribution < 1.29 is 19.2 Å². The van der Waals surface area contributed by atoms with E-state index in [1.807, 2.05) is 0 Å². The van der Waals surface area contributed by atoms with Crippen molar-refractivity contribution in [2.45, 2.75) is 38.5 Å². The summed E-state index contributed by atoms with van der Waals surface area (Å²) in [5.74, 6) is -0.737. The highest BCUT2D eigenvalue weighted by Gasteiger charge is 2.07. The Hall–Kier alpha value is -1.02. The van der Waals surface area contributed by atoms with Crippen molar-refractivity contribution in [3.05, 3.63) is 0 Å². The molecule has 0 spiro atoms. The van der Waals surface area contributed by atoms with Gasteiger partial charge in [0.05, 0.1) is 12.8 Å². The first-order valence-electron chi connectivity index (χ1n) is 7.28. The van der Waals surface area contributed by atoms with E-state index in [1.165, 1.54) is 0 Å². The minimum atomic E-state index is -0.264. The molecule has 2 amide bonds. The molecule has 0 aromatic heterocycles. The molecule has 6 nitrogen and oxygen atoms in total. The van der Waals surface area contributed by atoms with Crippen LogP contribution >= 0.6 is 25.3 Å². The molecule has 126 valence electrons. The fraction of sp³-hybridized carbons (Fsp3) is 0.714. The van der Waals surface area contributed by atoms with Crippen LogP contribution < -0.4 is 10.6 Å². The predicted molar refractivity (Wildman–Crippen MR) is 91.4 cm³/mol. The van der Waals surface area contributed by atoms with E-state index in [0.717, 1.165) is 25.7 Å². The second-order valence-corrected chi connectivity index (χ2v) is 5.49. The first-order valence-corrected chi connectivity index (χ1v) is 8.54. The van der Waals surface area contributed by atoms with Gasteiger partial charge in [0, 0.05) is 24.6 Å². The fourth-order valence-electron chi connectivity index (χ4n) is 1.65. The van der Waals surface area contributed by atoms with E-state index in [-0.39, 0.29) is 47.7 Å². The summed E-state index contributed by atoms with van der Waals surface area (Å²) in [7, 11) is 0. The number of hydrogen-bond acceptors (Lipinski definition) is 6. The number of thiol groups is 2. The molecular formula is C14H24N2O4S2. The van der Waals surface area contributed by atoms with Crippen molar-refractivity contribution in [1.29, 1.82) is 0 Å². The molecule has 0 aliphatic heterocycles. The van der Waals surface area contributed by atoms with Crippen LogP contribution in [0.1, 0.15) is 38.5 Å². The van der Waals surface area contributed by atoms with Gasteiger partial charge in [-0.2, -0.15) is 25.3 Å². The summed E-state index contributed by atoms with van der Waals surface area (Å²) in [6.45, 7) is 1.09. The van der Waals surface area contributed by atoms with Crippen molar-refractivity contribution in [2.75, 3.05) is 24.6 Å². The van der Waals surface area contributed by atoms with Gasteiger partial charge in [0.1, 0.15) is 0 Å². The van der Waals surface area contributed by atoms with Gasteiger partial charge in [0.15, 0.2) is 11.6 Å². The molecule has 0 heterocycles. The van der Waals surface area contributed by atoms with E-state index >= 15 is 0 Å². The van der Waals surface area contributed by atoms with E-state index in [1.54, 1.807) is 0 Å². The summed E-state index contributed by atoms with van der Waals surface area (Å²) in [5.41, 5.74) is 0. The zero-order chi connectivity index (χ0) is 16.8. The number of hydrogen-bond donors (Lipinski definition) is 4. The van der Waals surface area contributed by atoms with Crippen LogP contribution in [-0.4, -0.2) is 48.0 Å². The number of carbonyl (C=O) groups is 4. The van der Waals surface area contributed by atoms with Crippen molar-refractivity contribution in [2.24, 2.45) is 0 Å². The SMILES string of the molecule is O=C(CS)CC(=O)NCCCCCCNC(=O)CC(=O)CS. The van der Waals surface area contributed by atoms with Gasteiger partial charge in [-0.3, -0.25) is 19.2 Å². The van der Waals surface area contributed by atoms with E-state index < -0.39 is 0 Å². The molecule has 8 heteroatoms. The van der Waals surface area contributed by atoms with Crippen molar-refractivity contribution in [3.8, 4) is 0 Å². The molecule has 0 radical (unpaired) electrons. The maximum absolute atomic E-state index is 11.3. The summed E-state index contributed by atoms with van der Waals surface area (Å²) in [5, 5.41) is 5.35. The van der Waals surface area contributed by atoms with Crippen LogP contribution in [0.15, 0.2) is 0 Å². The quantitative estimate of drug-likeness (QED) is 0.222. The zero-order valence-electron chi connectivity index (χ0n) is 12.6. The maximum atomic E-state index is 11.3. The highest BCUT2D eigenvalue weighted by Crippen LogP contribution is 1.98. The normalized spacial score (nSPS) is 10.1. The number of amides is 2. The molecule has 22 heavy (non-hydrogen) atoms. The van der Waals surface area contributed by atoms with Gasteiger partial charge in [0.25, 0.3) is 0 Å². The standard InChI is InChI=1S/C14H24N2O4S2/c17-11(9-21)7-13(19)15-5-3-1-2-4-6-16-14(20)8-12(18)10-22/h21-22H,1-10H2,(H,15,19)(H,16,20). The number of nitrogens with one attached hydrogen (secondary N) is 2. The molecule has 0 rings (SSSR count). The van der Waals surface area contributed by atoms with Crippen molar-refractivity contribution >= 4 is 48.6 Å². The predicted octanol–water partition coefficient (Wildman–Crippen LogP) is 0.557. The van der Waals surface area contributed by atoms with Crippen LogP contribution in [0.5, 0.6) is 0 Å². The molecule has 0 saturated heterocycles. The number of unbranched alkanes of at least 4 members (excludes halogenated alkanes) is 3. The third-order valence-electron chi connectivity index (χ3n) is 2.82. The minimum Gasteiger partial charge on any atom is -0.356 e. The summed E-state index contributed by atoms with van der Waals surface area (Å²) in [6.07, 6.45) is 3.28. The van der Waals surface area contributed by atoms with E-state index in [9.17, 15) is 19.2 Å². The number of rotatable bonds is 13. The Balaban J connectivity index is 3.40. The number of Topliss-reactive ketones (excluding diaryl/α,β-unsaturated/α-hetero) is 2. The molecule has 0 atom stereocenters. The maximum Gasteiger partial charge on any atom is 0.227 e. The summed E-state index contributed by atoms with van der Waals surface area (Å²) in [4.78, 5) is 44.5. The lowest BCUT2D eigenvalue weighted by atomic mass is 10.2. The van der Waals surface area contributed by atoms with Gasteiger partial charge >= 0.3 is 0 Å². The van der Waals surface area contributed by atoms with E-state index in [4.69, 9.17) is 0 Å². The minimum absolute atomic E-state index is 0.0821. The largest absolute Gasteiger partial charge is 0.356 e. The molecule has 0 fully saturated rings. The average Bonchev–Trinajstić information content (AvgIpc) is 2.49. The Labute approximate surface area is 142 Å². The van der Waals surface area contributed by atoms with Gasteiger partial charge in [0.2, 0.25) is 11.8 Å². The van der Waals surface area contributed by atoms with Gasteiger partial charge in [-0.1, -0.05) is 12.8 Å². The van der Waals surface area contributed by atoms with Crippen LogP contribution in [0, 0.1) is 0 Å². The van der Waals surface area contributed by atoms with Gasteiger partial charge in [-0.25, -0.2) is 0 Å². The second-order valence-electron chi connectivity index (χ2n) is 4.86. The summed E-state index contributed by atoms with van der Waals surface area (Å²) < 4.78 is 0. The molecule has 0 aromatic rings. The number of ketones is 2. The lowest BCUT2D eigenvalue weighted by molar-refractivity contribution is -0.128. The highest BCUT2D eigenvalue weighted by atomic mass is 32.1. The first-order chi connectivity index (χ1) is 10.5. The third-order valence-corrected chi connectivity index (χ3v) is 3.52. The first kappa shape index (κ1) is 21.0. The van der Waals surface area contributed by atoms with Crippen molar-refractivity contribution in [1.82, 2.24) is 10.6 Å². The third kappa shape index (κ3) is 12.7. The summed E-state index contributed by atoms with van der Waals surface area (Å²) in [6, 6.07) is 0. The fourth-order valence-corrected chi connectivity index (χ4v) is 1.88. The molecule has 0 aliphatic carbocycles. The van der Waals surface area contributed by atoms with E-state index in [0.29, 0.717) is 13.1 Å². The smallest absolute Gasteiger partial charge is 0.227 e. The zero-order valence-corrected chi connectivity index (χ0v) is 14.4. The molecule has 2 N–H and O–H groups in total. The van der Waals surface area contributed by atoms with Crippen LogP contribution in [0.2, 0.25) is 0 Å². The molecular weight excluding hydrogens is 324 g/mol. The van der Waals surface area contributed by atoms with Crippen LogP contribution in [0.4, 0.5) is 0 Å². The molecule has 0 saturated carbocycles. The Morgan fingerprint density at radius 3 is 1.32 bits per heavy atom. The van der Waals surface area contributed by atoms with Gasteiger partial charge in [-0.05, 0) is 12.8 Å². The average molecular weight is 348 g/mol. The van der Waals surface area contributed by atoms with Gasteiger partial charge < -0.3 is 10.6 Å². The molecule has 0 unspecified atom stereocenters. The molecule has 0 bridgehead atoms. The van der Waals surface area contributed by atoms with E-state index in [2.05, 4.69) is 35.9 Å². The van der Waals surface area contributed by atoms with Crippen molar-refractivity contribution in [3.63, 3.8) is 0 Å². The van der Waals surface area contributed by atoms with Gasteiger partial charge in [-0.15, -0.1) is 0 Å². The number of carbonyl (C=O) groups excluding carboxylic acids is 4. The molecule has 0 aliphatic rings. The van der Waals surface area contributed by atoms with Crippen LogP contribution in [-0.2, 0) is 19.2 Å². The summed E-state index contributed by atoms with van der Waals surface area (Å²) >= 11 is 7.61. The Bertz CT molecular complexity index is 353. The Morgan fingerprint density at radius 2 is 1.00 bits per heavy atom. The lowest BCUT2D eigenvalue weighted by Crippen LogP contribution is -2.27.